The maximum Gasteiger partial charge on any atom is 0.230 e. The van der Waals surface area contributed by atoms with Crippen LogP contribution in [0, 0.1) is 0 Å². The molecule has 0 fully saturated rings. The summed E-state index contributed by atoms with van der Waals surface area (Å²) in [6.07, 6.45) is 3.72. The van der Waals surface area contributed by atoms with Crippen LogP contribution in [-0.4, -0.2) is 21.0 Å². The summed E-state index contributed by atoms with van der Waals surface area (Å²) in [5, 5.41) is 4.85. The quantitative estimate of drug-likeness (QED) is 0.658. The van der Waals surface area contributed by atoms with Gasteiger partial charge < -0.3 is 5.32 Å². The molecule has 2 aromatic heterocycles. The van der Waals surface area contributed by atoms with Gasteiger partial charge in [-0.1, -0.05) is 47.1 Å². The fourth-order valence-corrected chi connectivity index (χ4v) is 3.72. The third-order valence-electron chi connectivity index (χ3n) is 3.54. The zero-order valence-electron chi connectivity index (χ0n) is 12.9. The SMILES string of the molecule is CC(NC(=O)CSc1ncc2ccccn12)c1ccc(Cl)cc1Cl. The minimum absolute atomic E-state index is 0.0776. The van der Waals surface area contributed by atoms with Gasteiger partial charge in [-0.3, -0.25) is 9.20 Å². The highest BCUT2D eigenvalue weighted by Gasteiger charge is 2.14. The molecule has 1 amide bonds. The van der Waals surface area contributed by atoms with Crippen LogP contribution in [0.1, 0.15) is 18.5 Å². The monoisotopic (exact) mass is 379 g/mol. The smallest absolute Gasteiger partial charge is 0.230 e. The minimum Gasteiger partial charge on any atom is -0.349 e. The zero-order valence-corrected chi connectivity index (χ0v) is 15.2. The molecular weight excluding hydrogens is 365 g/mol. The molecule has 0 aliphatic carbocycles. The molecule has 2 heterocycles. The molecule has 0 radical (unpaired) electrons. The Labute approximate surface area is 154 Å². The van der Waals surface area contributed by atoms with Crippen molar-refractivity contribution in [1.82, 2.24) is 14.7 Å². The predicted molar refractivity (Wildman–Crippen MR) is 98.9 cm³/mol. The van der Waals surface area contributed by atoms with Gasteiger partial charge in [0.15, 0.2) is 5.16 Å². The number of nitrogens with zero attached hydrogens (tertiary/aromatic N) is 2. The zero-order chi connectivity index (χ0) is 17.1. The number of hydrogen-bond donors (Lipinski definition) is 1. The highest BCUT2D eigenvalue weighted by molar-refractivity contribution is 7.99. The molecule has 4 nitrogen and oxygen atoms in total. The van der Waals surface area contributed by atoms with Crippen LogP contribution in [0.2, 0.25) is 10.0 Å². The second kappa shape index (κ2) is 7.47. The van der Waals surface area contributed by atoms with Crippen molar-refractivity contribution in [1.29, 1.82) is 0 Å². The van der Waals surface area contributed by atoms with Crippen molar-refractivity contribution in [2.45, 2.75) is 18.1 Å². The van der Waals surface area contributed by atoms with Gasteiger partial charge >= 0.3 is 0 Å². The van der Waals surface area contributed by atoms with Gasteiger partial charge in [-0.2, -0.15) is 0 Å². The van der Waals surface area contributed by atoms with Gasteiger partial charge in [0.1, 0.15) is 0 Å². The number of amides is 1. The van der Waals surface area contributed by atoms with Gasteiger partial charge in [-0.15, -0.1) is 0 Å². The van der Waals surface area contributed by atoms with E-state index >= 15 is 0 Å². The number of fused-ring (bicyclic) bond motifs is 1. The second-order valence-corrected chi connectivity index (χ2v) is 7.07. The first-order valence-corrected chi connectivity index (χ1v) is 9.08. The van der Waals surface area contributed by atoms with E-state index in [4.69, 9.17) is 23.2 Å². The fourth-order valence-electron chi connectivity index (χ4n) is 2.37. The van der Waals surface area contributed by atoms with Crippen LogP contribution in [0.15, 0.2) is 53.9 Å². The summed E-state index contributed by atoms with van der Waals surface area (Å²) in [6, 6.07) is 10.9. The molecular formula is C17H15Cl2N3OS. The number of nitrogens with one attached hydrogen (secondary N) is 1. The molecule has 3 rings (SSSR count). The van der Waals surface area contributed by atoms with Gasteiger partial charge in [0.05, 0.1) is 23.5 Å². The standard InChI is InChI=1S/C17H15Cl2N3OS/c1-11(14-6-5-12(18)8-15(14)19)21-16(23)10-24-17-20-9-13-4-2-3-7-22(13)17/h2-9,11H,10H2,1H3,(H,21,23). The number of thioether (sulfide) groups is 1. The molecule has 0 aliphatic heterocycles. The Morgan fingerprint density at radius 2 is 2.17 bits per heavy atom. The van der Waals surface area contributed by atoms with Gasteiger partial charge in [-0.25, -0.2) is 4.98 Å². The summed E-state index contributed by atoms with van der Waals surface area (Å²) in [6.45, 7) is 1.89. The maximum atomic E-state index is 12.2. The lowest BCUT2D eigenvalue weighted by molar-refractivity contribution is -0.119. The Balaban J connectivity index is 1.61. The van der Waals surface area contributed by atoms with Crippen LogP contribution in [0.3, 0.4) is 0 Å². The Morgan fingerprint density at radius 1 is 1.33 bits per heavy atom. The number of aromatic nitrogens is 2. The average molecular weight is 380 g/mol. The van der Waals surface area contributed by atoms with Crippen LogP contribution in [0.25, 0.3) is 5.52 Å². The summed E-state index contributed by atoms with van der Waals surface area (Å²) >= 11 is 13.5. The first kappa shape index (κ1) is 17.1. The van der Waals surface area contributed by atoms with E-state index in [1.807, 2.05) is 41.8 Å². The van der Waals surface area contributed by atoms with E-state index in [0.717, 1.165) is 16.2 Å². The summed E-state index contributed by atoms with van der Waals surface area (Å²) < 4.78 is 1.96. The number of rotatable bonds is 5. The molecule has 0 saturated carbocycles. The first-order valence-electron chi connectivity index (χ1n) is 7.34. The lowest BCUT2D eigenvalue weighted by Crippen LogP contribution is -2.28. The third kappa shape index (κ3) is 3.86. The topological polar surface area (TPSA) is 46.4 Å². The molecule has 3 aromatic rings. The lowest BCUT2D eigenvalue weighted by atomic mass is 10.1. The van der Waals surface area contributed by atoms with Crippen LogP contribution < -0.4 is 5.32 Å². The lowest BCUT2D eigenvalue weighted by Gasteiger charge is -2.15. The van der Waals surface area contributed by atoms with Gasteiger partial charge in [-0.05, 0) is 36.8 Å². The van der Waals surface area contributed by atoms with E-state index < -0.39 is 0 Å². The molecule has 0 spiro atoms. The van der Waals surface area contributed by atoms with E-state index in [1.54, 1.807) is 18.3 Å². The van der Waals surface area contributed by atoms with Gasteiger partial charge in [0.25, 0.3) is 0 Å². The summed E-state index contributed by atoms with van der Waals surface area (Å²) in [4.78, 5) is 16.5. The summed E-state index contributed by atoms with van der Waals surface area (Å²) in [5.41, 5.74) is 1.84. The van der Waals surface area contributed by atoms with E-state index in [0.29, 0.717) is 10.0 Å². The largest absolute Gasteiger partial charge is 0.349 e. The van der Waals surface area contributed by atoms with Crippen LogP contribution >= 0.6 is 35.0 Å². The molecule has 1 unspecified atom stereocenters. The van der Waals surface area contributed by atoms with Crippen molar-refractivity contribution in [2.75, 3.05) is 5.75 Å². The Hall–Kier alpha value is -1.69. The molecule has 0 bridgehead atoms. The van der Waals surface area contributed by atoms with E-state index in [9.17, 15) is 4.79 Å². The van der Waals surface area contributed by atoms with Gasteiger partial charge in [0, 0.05) is 16.2 Å². The molecule has 7 heteroatoms. The summed E-state index contributed by atoms with van der Waals surface area (Å²) in [5.74, 6) is 0.204. The molecule has 124 valence electrons. The number of benzene rings is 1. The van der Waals surface area contributed by atoms with Crippen molar-refractivity contribution < 1.29 is 4.79 Å². The van der Waals surface area contributed by atoms with Crippen molar-refractivity contribution >= 4 is 46.4 Å². The van der Waals surface area contributed by atoms with Crippen LogP contribution in [0.4, 0.5) is 0 Å². The highest BCUT2D eigenvalue weighted by atomic mass is 35.5. The molecule has 1 aromatic carbocycles. The highest BCUT2D eigenvalue weighted by Crippen LogP contribution is 2.26. The molecule has 1 N–H and O–H groups in total. The normalized spacial score (nSPS) is 12.3. The first-order chi connectivity index (χ1) is 11.5. The van der Waals surface area contributed by atoms with Crippen LogP contribution in [-0.2, 0) is 4.79 Å². The molecule has 0 aliphatic rings. The van der Waals surface area contributed by atoms with Crippen molar-refractivity contribution in [3.05, 3.63) is 64.4 Å². The van der Waals surface area contributed by atoms with Gasteiger partial charge in [0.2, 0.25) is 5.91 Å². The number of pyridine rings is 1. The van der Waals surface area contributed by atoms with Crippen LogP contribution in [0.5, 0.6) is 0 Å². The minimum atomic E-state index is -0.195. The number of imidazole rings is 1. The molecule has 24 heavy (non-hydrogen) atoms. The number of hydrogen-bond acceptors (Lipinski definition) is 3. The number of carbonyl (C=O) groups excluding carboxylic acids is 1. The van der Waals surface area contributed by atoms with E-state index in [-0.39, 0.29) is 17.7 Å². The molecule has 1 atom stereocenters. The second-order valence-electron chi connectivity index (χ2n) is 5.28. The van der Waals surface area contributed by atoms with Crippen molar-refractivity contribution in [2.24, 2.45) is 0 Å². The summed E-state index contributed by atoms with van der Waals surface area (Å²) in [7, 11) is 0. The Bertz CT molecular complexity index is 881. The van der Waals surface area contributed by atoms with E-state index in [2.05, 4.69) is 10.3 Å². The predicted octanol–water partition coefficient (Wildman–Crippen LogP) is 4.61. The third-order valence-corrected chi connectivity index (χ3v) is 5.07. The van der Waals surface area contributed by atoms with Crippen molar-refractivity contribution in [3.8, 4) is 0 Å². The number of carbonyl (C=O) groups is 1. The number of halogens is 2. The Kier molecular flexibility index (Phi) is 5.33. The molecule has 0 saturated heterocycles. The fraction of sp³-hybridized carbons (Fsp3) is 0.176. The Morgan fingerprint density at radius 3 is 2.96 bits per heavy atom. The van der Waals surface area contributed by atoms with Crippen molar-refractivity contribution in [3.63, 3.8) is 0 Å². The van der Waals surface area contributed by atoms with E-state index in [1.165, 1.54) is 11.8 Å². The maximum absolute atomic E-state index is 12.2. The average Bonchev–Trinajstić information content (AvgIpc) is 2.96.